The van der Waals surface area contributed by atoms with Gasteiger partial charge in [0.2, 0.25) is 0 Å². The minimum Gasteiger partial charge on any atom is -0.345 e. The molecule has 2 aromatic carbocycles. The molecule has 1 amide bonds. The minimum absolute atomic E-state index is 0.0569. The number of nitro groups is 1. The van der Waals surface area contributed by atoms with Crippen LogP contribution >= 0.6 is 15.9 Å². The van der Waals surface area contributed by atoms with Gasteiger partial charge in [-0.3, -0.25) is 14.9 Å². The van der Waals surface area contributed by atoms with Crippen molar-refractivity contribution >= 4 is 27.5 Å². The first-order valence-corrected chi connectivity index (χ1v) is 7.08. The molecule has 0 aliphatic carbocycles. The summed E-state index contributed by atoms with van der Waals surface area (Å²) in [6.45, 7) is 1.83. The van der Waals surface area contributed by atoms with Gasteiger partial charge in [0, 0.05) is 10.5 Å². The van der Waals surface area contributed by atoms with Crippen LogP contribution in [-0.2, 0) is 0 Å². The molecule has 108 valence electrons. The Hall–Kier alpha value is -2.21. The van der Waals surface area contributed by atoms with Crippen LogP contribution in [-0.4, -0.2) is 10.8 Å². The van der Waals surface area contributed by atoms with Gasteiger partial charge < -0.3 is 5.32 Å². The predicted octanol–water partition coefficient (Wildman–Crippen LogP) is 3.85. The molecule has 0 heterocycles. The van der Waals surface area contributed by atoms with Crippen molar-refractivity contribution in [3.05, 3.63) is 74.2 Å². The van der Waals surface area contributed by atoms with Crippen LogP contribution in [0.4, 0.5) is 5.69 Å². The van der Waals surface area contributed by atoms with E-state index in [-0.39, 0.29) is 17.3 Å². The second-order valence-electron chi connectivity index (χ2n) is 4.49. The lowest BCUT2D eigenvalue weighted by Gasteiger charge is -2.15. The second kappa shape index (κ2) is 6.49. The van der Waals surface area contributed by atoms with E-state index in [1.54, 1.807) is 6.07 Å². The Bertz CT molecular complexity index is 688. The number of carbonyl (C=O) groups is 1. The summed E-state index contributed by atoms with van der Waals surface area (Å²) >= 11 is 3.42. The Morgan fingerprint density at radius 1 is 1.19 bits per heavy atom. The summed E-state index contributed by atoms with van der Waals surface area (Å²) in [7, 11) is 0. The summed E-state index contributed by atoms with van der Waals surface area (Å²) in [4.78, 5) is 22.6. The zero-order chi connectivity index (χ0) is 15.4. The highest BCUT2D eigenvalue weighted by molar-refractivity contribution is 9.10. The Labute approximate surface area is 130 Å². The Morgan fingerprint density at radius 3 is 2.48 bits per heavy atom. The van der Waals surface area contributed by atoms with E-state index in [1.165, 1.54) is 18.2 Å². The Kier molecular flexibility index (Phi) is 4.70. The van der Waals surface area contributed by atoms with E-state index in [0.717, 1.165) is 10.0 Å². The maximum atomic E-state index is 12.2. The topological polar surface area (TPSA) is 72.2 Å². The van der Waals surface area contributed by atoms with Crippen LogP contribution < -0.4 is 5.32 Å². The van der Waals surface area contributed by atoms with E-state index in [2.05, 4.69) is 21.2 Å². The van der Waals surface area contributed by atoms with Gasteiger partial charge in [0.1, 0.15) is 5.56 Å². The average Bonchev–Trinajstić information content (AvgIpc) is 2.47. The van der Waals surface area contributed by atoms with Gasteiger partial charge in [-0.05, 0) is 24.6 Å². The molecule has 0 fully saturated rings. The number of amides is 1. The fourth-order valence-corrected chi connectivity index (χ4v) is 2.63. The summed E-state index contributed by atoms with van der Waals surface area (Å²) < 4.78 is 0.875. The summed E-state index contributed by atoms with van der Waals surface area (Å²) in [5.41, 5.74) is 0.764. The number of rotatable bonds is 4. The molecule has 0 aromatic heterocycles. The van der Waals surface area contributed by atoms with Crippen molar-refractivity contribution in [3.63, 3.8) is 0 Å². The van der Waals surface area contributed by atoms with Gasteiger partial charge in [-0.25, -0.2) is 0 Å². The van der Waals surface area contributed by atoms with Crippen molar-refractivity contribution < 1.29 is 9.72 Å². The summed E-state index contributed by atoms with van der Waals surface area (Å²) in [6, 6.07) is 13.1. The molecular formula is C15H13BrN2O3. The van der Waals surface area contributed by atoms with Crippen LogP contribution in [0.5, 0.6) is 0 Å². The highest BCUT2D eigenvalue weighted by Gasteiger charge is 2.21. The van der Waals surface area contributed by atoms with Crippen LogP contribution in [0.15, 0.2) is 53.0 Å². The van der Waals surface area contributed by atoms with E-state index in [0.29, 0.717) is 0 Å². The molecule has 1 unspecified atom stereocenters. The molecular weight excluding hydrogens is 336 g/mol. The number of hydrogen-bond donors (Lipinski definition) is 1. The van der Waals surface area contributed by atoms with E-state index in [1.807, 2.05) is 31.2 Å². The molecule has 2 aromatic rings. The normalized spacial score (nSPS) is 11.7. The maximum Gasteiger partial charge on any atom is 0.282 e. The van der Waals surface area contributed by atoms with Crippen molar-refractivity contribution in [2.24, 2.45) is 0 Å². The monoisotopic (exact) mass is 348 g/mol. The third-order valence-corrected chi connectivity index (χ3v) is 3.79. The molecule has 0 saturated heterocycles. The lowest BCUT2D eigenvalue weighted by atomic mass is 10.1. The third kappa shape index (κ3) is 3.46. The van der Waals surface area contributed by atoms with Crippen molar-refractivity contribution in [1.29, 1.82) is 0 Å². The molecule has 0 aliphatic heterocycles. The van der Waals surface area contributed by atoms with Gasteiger partial charge in [-0.1, -0.05) is 46.3 Å². The smallest absolute Gasteiger partial charge is 0.282 e. The van der Waals surface area contributed by atoms with Gasteiger partial charge in [0.25, 0.3) is 11.6 Å². The SMILES string of the molecule is CC(NC(=O)c1ccccc1[N+](=O)[O-])c1ccccc1Br. The van der Waals surface area contributed by atoms with Crippen LogP contribution in [0.1, 0.15) is 28.9 Å². The van der Waals surface area contributed by atoms with Crippen LogP contribution in [0.25, 0.3) is 0 Å². The molecule has 0 bridgehead atoms. The number of para-hydroxylation sites is 1. The van der Waals surface area contributed by atoms with Gasteiger partial charge in [-0.15, -0.1) is 0 Å². The zero-order valence-corrected chi connectivity index (χ0v) is 12.8. The molecule has 0 radical (unpaired) electrons. The third-order valence-electron chi connectivity index (χ3n) is 3.06. The largest absolute Gasteiger partial charge is 0.345 e. The quantitative estimate of drug-likeness (QED) is 0.673. The van der Waals surface area contributed by atoms with Crippen molar-refractivity contribution in [2.75, 3.05) is 0 Å². The number of halogens is 1. The molecule has 2 rings (SSSR count). The first-order valence-electron chi connectivity index (χ1n) is 6.29. The molecule has 1 N–H and O–H groups in total. The van der Waals surface area contributed by atoms with E-state index in [9.17, 15) is 14.9 Å². The fraction of sp³-hybridized carbons (Fsp3) is 0.133. The van der Waals surface area contributed by atoms with E-state index < -0.39 is 10.8 Å². The summed E-state index contributed by atoms with van der Waals surface area (Å²) in [6.07, 6.45) is 0. The summed E-state index contributed by atoms with van der Waals surface area (Å²) in [5, 5.41) is 13.7. The molecule has 0 saturated carbocycles. The first kappa shape index (κ1) is 15.2. The predicted molar refractivity (Wildman–Crippen MR) is 83.1 cm³/mol. The lowest BCUT2D eigenvalue weighted by molar-refractivity contribution is -0.385. The van der Waals surface area contributed by atoms with Gasteiger partial charge in [0.15, 0.2) is 0 Å². The number of nitro benzene ring substituents is 1. The lowest BCUT2D eigenvalue weighted by Crippen LogP contribution is -2.27. The fourth-order valence-electron chi connectivity index (χ4n) is 2.00. The Balaban J connectivity index is 2.23. The van der Waals surface area contributed by atoms with Crippen LogP contribution in [0.2, 0.25) is 0 Å². The maximum absolute atomic E-state index is 12.2. The molecule has 1 atom stereocenters. The summed E-state index contributed by atoms with van der Waals surface area (Å²) in [5.74, 6) is -0.467. The van der Waals surface area contributed by atoms with Crippen LogP contribution in [0, 0.1) is 10.1 Å². The average molecular weight is 349 g/mol. The molecule has 0 spiro atoms. The zero-order valence-electron chi connectivity index (χ0n) is 11.2. The Morgan fingerprint density at radius 2 is 1.81 bits per heavy atom. The molecule has 0 aliphatic rings. The molecule has 6 heteroatoms. The van der Waals surface area contributed by atoms with E-state index >= 15 is 0 Å². The van der Waals surface area contributed by atoms with Gasteiger partial charge >= 0.3 is 0 Å². The number of nitrogens with zero attached hydrogens (tertiary/aromatic N) is 1. The highest BCUT2D eigenvalue weighted by atomic mass is 79.9. The molecule has 5 nitrogen and oxygen atoms in total. The van der Waals surface area contributed by atoms with E-state index in [4.69, 9.17) is 0 Å². The highest BCUT2D eigenvalue weighted by Crippen LogP contribution is 2.24. The van der Waals surface area contributed by atoms with Gasteiger partial charge in [-0.2, -0.15) is 0 Å². The minimum atomic E-state index is -0.558. The van der Waals surface area contributed by atoms with Crippen molar-refractivity contribution in [3.8, 4) is 0 Å². The van der Waals surface area contributed by atoms with Crippen molar-refractivity contribution in [1.82, 2.24) is 5.32 Å². The van der Waals surface area contributed by atoms with Gasteiger partial charge in [0.05, 0.1) is 11.0 Å². The number of carbonyl (C=O) groups excluding carboxylic acids is 1. The molecule has 21 heavy (non-hydrogen) atoms. The first-order chi connectivity index (χ1) is 10.0. The second-order valence-corrected chi connectivity index (χ2v) is 5.35. The number of hydrogen-bond acceptors (Lipinski definition) is 3. The standard InChI is InChI=1S/C15H13BrN2O3/c1-10(11-6-2-4-8-13(11)16)17-15(19)12-7-3-5-9-14(12)18(20)21/h2-10H,1H3,(H,17,19). The number of benzene rings is 2. The number of nitrogens with one attached hydrogen (secondary N) is 1. The van der Waals surface area contributed by atoms with Crippen molar-refractivity contribution in [2.45, 2.75) is 13.0 Å². The van der Waals surface area contributed by atoms with Crippen LogP contribution in [0.3, 0.4) is 0 Å².